The highest BCUT2D eigenvalue weighted by atomic mass is 16.5. The fourth-order valence-corrected chi connectivity index (χ4v) is 2.77. The van der Waals surface area contributed by atoms with Crippen LogP contribution in [0.1, 0.15) is 53.4 Å². The second-order valence-electron chi connectivity index (χ2n) is 6.15. The summed E-state index contributed by atoms with van der Waals surface area (Å²) in [5, 5.41) is 3.67. The van der Waals surface area contributed by atoms with Gasteiger partial charge in [0.15, 0.2) is 0 Å². The summed E-state index contributed by atoms with van der Waals surface area (Å²) in [6.45, 7) is 10.2. The van der Waals surface area contributed by atoms with Crippen molar-refractivity contribution >= 4 is 0 Å². The van der Waals surface area contributed by atoms with E-state index < -0.39 is 0 Å². The molecule has 0 spiro atoms. The predicted octanol–water partition coefficient (Wildman–Crippen LogP) is 3.22. The van der Waals surface area contributed by atoms with Crippen molar-refractivity contribution in [2.75, 3.05) is 13.7 Å². The van der Waals surface area contributed by atoms with Crippen LogP contribution in [0.3, 0.4) is 0 Å². The highest BCUT2D eigenvalue weighted by molar-refractivity contribution is 4.80. The van der Waals surface area contributed by atoms with E-state index in [1.807, 2.05) is 0 Å². The molecule has 0 aromatic carbocycles. The van der Waals surface area contributed by atoms with Crippen LogP contribution < -0.4 is 5.32 Å². The summed E-state index contributed by atoms with van der Waals surface area (Å²) in [7, 11) is 1.80. The predicted molar refractivity (Wildman–Crippen MR) is 69.7 cm³/mol. The Bertz CT molecular complexity index is 203. The van der Waals surface area contributed by atoms with Gasteiger partial charge < -0.3 is 10.1 Å². The van der Waals surface area contributed by atoms with Gasteiger partial charge in [0.2, 0.25) is 0 Å². The van der Waals surface area contributed by atoms with Crippen molar-refractivity contribution in [2.45, 2.75) is 65.0 Å². The Kier molecular flexibility index (Phi) is 5.26. The van der Waals surface area contributed by atoms with Crippen molar-refractivity contribution in [3.8, 4) is 0 Å². The topological polar surface area (TPSA) is 21.3 Å². The van der Waals surface area contributed by atoms with Crippen LogP contribution in [0, 0.1) is 11.8 Å². The molecule has 1 aliphatic rings. The van der Waals surface area contributed by atoms with Crippen LogP contribution in [0.25, 0.3) is 0 Å². The molecule has 0 radical (unpaired) electrons. The summed E-state index contributed by atoms with van der Waals surface area (Å²) in [6.07, 6.45) is 5.33. The molecule has 0 heterocycles. The van der Waals surface area contributed by atoms with Crippen LogP contribution in [-0.2, 0) is 4.74 Å². The van der Waals surface area contributed by atoms with E-state index in [0.29, 0.717) is 6.04 Å². The smallest absolute Gasteiger partial charge is 0.0637 e. The van der Waals surface area contributed by atoms with Crippen LogP contribution in [0.5, 0.6) is 0 Å². The van der Waals surface area contributed by atoms with Crippen LogP contribution in [0.2, 0.25) is 0 Å². The minimum absolute atomic E-state index is 0.00624. The van der Waals surface area contributed by atoms with Gasteiger partial charge in [-0.05, 0) is 52.0 Å². The van der Waals surface area contributed by atoms with Crippen LogP contribution in [0.15, 0.2) is 0 Å². The SMILES string of the molecule is COC(C)(C)CC(C)NCC1CCCC1C. The monoisotopic (exact) mass is 227 g/mol. The second-order valence-corrected chi connectivity index (χ2v) is 6.15. The molecule has 0 bridgehead atoms. The molecule has 1 N–H and O–H groups in total. The number of rotatable bonds is 6. The largest absolute Gasteiger partial charge is 0.379 e. The molecule has 3 unspecified atom stereocenters. The standard InChI is InChI=1S/C14H29NO/c1-11-7-6-8-13(11)10-15-12(2)9-14(3,4)16-5/h11-13,15H,6-10H2,1-5H3. The summed E-state index contributed by atoms with van der Waals surface area (Å²) < 4.78 is 5.46. The Morgan fingerprint density at radius 1 is 1.38 bits per heavy atom. The maximum Gasteiger partial charge on any atom is 0.0637 e. The van der Waals surface area contributed by atoms with Gasteiger partial charge >= 0.3 is 0 Å². The van der Waals surface area contributed by atoms with Crippen LogP contribution in [0.4, 0.5) is 0 Å². The number of nitrogens with one attached hydrogen (secondary N) is 1. The highest BCUT2D eigenvalue weighted by Crippen LogP contribution is 2.30. The molecule has 96 valence electrons. The van der Waals surface area contributed by atoms with Crippen molar-refractivity contribution in [1.82, 2.24) is 5.32 Å². The zero-order chi connectivity index (χ0) is 12.2. The van der Waals surface area contributed by atoms with E-state index in [1.165, 1.54) is 25.8 Å². The number of methoxy groups -OCH3 is 1. The lowest BCUT2D eigenvalue weighted by atomic mass is 9.96. The van der Waals surface area contributed by atoms with Crippen molar-refractivity contribution in [2.24, 2.45) is 11.8 Å². The molecule has 2 heteroatoms. The molecule has 0 aromatic rings. The first-order valence-electron chi connectivity index (χ1n) is 6.73. The van der Waals surface area contributed by atoms with Crippen molar-refractivity contribution in [3.63, 3.8) is 0 Å². The second kappa shape index (κ2) is 6.02. The summed E-state index contributed by atoms with van der Waals surface area (Å²) in [5.41, 5.74) is -0.00624. The van der Waals surface area contributed by atoms with Gasteiger partial charge in [0.25, 0.3) is 0 Å². The van der Waals surface area contributed by atoms with Gasteiger partial charge in [-0.2, -0.15) is 0 Å². The number of hydrogen-bond acceptors (Lipinski definition) is 2. The average Bonchev–Trinajstić information content (AvgIpc) is 2.60. The van der Waals surface area contributed by atoms with Gasteiger partial charge in [-0.25, -0.2) is 0 Å². The van der Waals surface area contributed by atoms with Gasteiger partial charge in [0.05, 0.1) is 5.60 Å². The third-order valence-electron chi connectivity index (χ3n) is 4.12. The molecule has 1 rings (SSSR count). The first-order valence-corrected chi connectivity index (χ1v) is 6.73. The molecule has 0 aromatic heterocycles. The minimum Gasteiger partial charge on any atom is -0.379 e. The maximum absolute atomic E-state index is 5.46. The summed E-state index contributed by atoms with van der Waals surface area (Å²) >= 11 is 0. The van der Waals surface area contributed by atoms with Crippen molar-refractivity contribution < 1.29 is 4.74 Å². The molecule has 3 atom stereocenters. The van der Waals surface area contributed by atoms with Gasteiger partial charge in [0.1, 0.15) is 0 Å². The molecular weight excluding hydrogens is 198 g/mol. The molecule has 2 nitrogen and oxygen atoms in total. The zero-order valence-electron chi connectivity index (χ0n) is 11.7. The van der Waals surface area contributed by atoms with Crippen molar-refractivity contribution in [1.29, 1.82) is 0 Å². The number of ether oxygens (including phenoxy) is 1. The summed E-state index contributed by atoms with van der Waals surface area (Å²) in [5.74, 6) is 1.81. The quantitative estimate of drug-likeness (QED) is 0.752. The van der Waals surface area contributed by atoms with E-state index in [4.69, 9.17) is 4.74 Å². The van der Waals surface area contributed by atoms with Crippen LogP contribution >= 0.6 is 0 Å². The van der Waals surface area contributed by atoms with Crippen molar-refractivity contribution in [3.05, 3.63) is 0 Å². The van der Waals surface area contributed by atoms with Gasteiger partial charge in [-0.3, -0.25) is 0 Å². The first-order chi connectivity index (χ1) is 7.44. The Morgan fingerprint density at radius 2 is 2.06 bits per heavy atom. The average molecular weight is 227 g/mol. The lowest BCUT2D eigenvalue weighted by Gasteiger charge is -2.28. The molecule has 0 amide bonds. The molecule has 1 saturated carbocycles. The molecule has 16 heavy (non-hydrogen) atoms. The Labute approximate surface area is 101 Å². The highest BCUT2D eigenvalue weighted by Gasteiger charge is 2.25. The summed E-state index contributed by atoms with van der Waals surface area (Å²) in [4.78, 5) is 0. The third kappa shape index (κ3) is 4.42. The van der Waals surface area contributed by atoms with Gasteiger partial charge in [-0.1, -0.05) is 19.8 Å². The van der Waals surface area contributed by atoms with E-state index in [0.717, 1.165) is 18.3 Å². The third-order valence-corrected chi connectivity index (χ3v) is 4.12. The Hall–Kier alpha value is -0.0800. The Balaban J connectivity index is 2.22. The van der Waals surface area contributed by atoms with E-state index in [2.05, 4.69) is 33.0 Å². The van der Waals surface area contributed by atoms with E-state index in [9.17, 15) is 0 Å². The molecule has 1 aliphatic carbocycles. The minimum atomic E-state index is -0.00624. The molecule has 0 aliphatic heterocycles. The molecule has 1 fully saturated rings. The van der Waals surface area contributed by atoms with Gasteiger partial charge in [-0.15, -0.1) is 0 Å². The first kappa shape index (κ1) is 14.0. The maximum atomic E-state index is 5.46. The number of hydrogen-bond donors (Lipinski definition) is 1. The lowest BCUT2D eigenvalue weighted by molar-refractivity contribution is 0.00822. The van der Waals surface area contributed by atoms with Crippen LogP contribution in [-0.4, -0.2) is 25.3 Å². The van der Waals surface area contributed by atoms with E-state index >= 15 is 0 Å². The van der Waals surface area contributed by atoms with E-state index in [-0.39, 0.29) is 5.60 Å². The molecular formula is C14H29NO. The summed E-state index contributed by atoms with van der Waals surface area (Å²) in [6, 6.07) is 0.544. The molecule has 0 saturated heterocycles. The van der Waals surface area contributed by atoms with E-state index in [1.54, 1.807) is 7.11 Å². The zero-order valence-corrected chi connectivity index (χ0v) is 11.7. The lowest BCUT2D eigenvalue weighted by Crippen LogP contribution is -2.38. The van der Waals surface area contributed by atoms with Gasteiger partial charge in [0, 0.05) is 13.2 Å². The Morgan fingerprint density at radius 3 is 2.56 bits per heavy atom. The fourth-order valence-electron chi connectivity index (χ4n) is 2.77. The fraction of sp³-hybridized carbons (Fsp3) is 1.00. The normalized spacial score (nSPS) is 28.3.